The molecule has 0 aliphatic carbocycles. The van der Waals surface area contributed by atoms with E-state index >= 15 is 0 Å². The predicted molar refractivity (Wildman–Crippen MR) is 122 cm³/mol. The molecule has 1 atom stereocenters. The molecule has 2 aromatic carbocycles. The van der Waals surface area contributed by atoms with Crippen molar-refractivity contribution in [1.82, 2.24) is 9.80 Å². The number of aliphatic hydroxyl groups is 1. The summed E-state index contributed by atoms with van der Waals surface area (Å²) in [6.07, 6.45) is -0.766. The Balaban J connectivity index is 1.40. The van der Waals surface area contributed by atoms with Crippen molar-refractivity contribution in [2.75, 3.05) is 58.3 Å². The number of aryl methyl sites for hydroxylation is 2. The number of aliphatic hydroxyl groups excluding tert-OH is 1. The van der Waals surface area contributed by atoms with Gasteiger partial charge in [0, 0.05) is 38.4 Å². The molecule has 0 unspecified atom stereocenters. The van der Waals surface area contributed by atoms with Crippen LogP contribution in [0.25, 0.3) is 0 Å². The van der Waals surface area contributed by atoms with E-state index < -0.39 is 11.9 Å². The Morgan fingerprint density at radius 3 is 2.38 bits per heavy atom. The molecule has 32 heavy (non-hydrogen) atoms. The molecule has 0 saturated carbocycles. The quantitative estimate of drug-likeness (QED) is 0.618. The van der Waals surface area contributed by atoms with E-state index in [1.807, 2.05) is 32.0 Å². The van der Waals surface area contributed by atoms with Crippen LogP contribution in [-0.2, 0) is 4.79 Å². The van der Waals surface area contributed by atoms with Gasteiger partial charge in [0.15, 0.2) is 17.3 Å². The summed E-state index contributed by atoms with van der Waals surface area (Å²) >= 11 is 0. The van der Waals surface area contributed by atoms with Crippen molar-refractivity contribution >= 4 is 11.6 Å². The standard InChI is InChI=1S/C24H32FN3O4/c1-17-6-4-7-18(2)23(17)26-22(30)15-28-12-10-27(11-13-28)14-19(29)16-32-24-20(25)8-5-9-21(24)31-3/h4-9,19,29H,10-16H2,1-3H3,(H,26,30)/t19-/m1/s1. The van der Waals surface area contributed by atoms with Crippen LogP contribution < -0.4 is 14.8 Å². The van der Waals surface area contributed by atoms with Gasteiger partial charge in [0.25, 0.3) is 0 Å². The molecule has 0 aromatic heterocycles. The van der Waals surface area contributed by atoms with Gasteiger partial charge in [0.05, 0.1) is 13.7 Å². The molecule has 7 nitrogen and oxygen atoms in total. The Kier molecular flexibility index (Phi) is 8.44. The second-order valence-electron chi connectivity index (χ2n) is 8.13. The lowest BCUT2D eigenvalue weighted by Crippen LogP contribution is -2.50. The minimum absolute atomic E-state index is 0.00812. The van der Waals surface area contributed by atoms with Crippen molar-refractivity contribution in [3.8, 4) is 11.5 Å². The van der Waals surface area contributed by atoms with Crippen LogP contribution in [0.3, 0.4) is 0 Å². The van der Waals surface area contributed by atoms with Gasteiger partial charge < -0.3 is 19.9 Å². The van der Waals surface area contributed by atoms with E-state index in [1.54, 1.807) is 12.1 Å². The van der Waals surface area contributed by atoms with Crippen molar-refractivity contribution in [2.24, 2.45) is 0 Å². The highest BCUT2D eigenvalue weighted by Gasteiger charge is 2.22. The summed E-state index contributed by atoms with van der Waals surface area (Å²) < 4.78 is 24.5. The molecule has 174 valence electrons. The molecule has 2 N–H and O–H groups in total. The number of ether oxygens (including phenoxy) is 2. The number of amides is 1. The van der Waals surface area contributed by atoms with Crippen LogP contribution in [0.4, 0.5) is 10.1 Å². The van der Waals surface area contributed by atoms with Crippen molar-refractivity contribution in [3.05, 3.63) is 53.3 Å². The summed E-state index contributed by atoms with van der Waals surface area (Å²) in [5, 5.41) is 13.4. The van der Waals surface area contributed by atoms with Gasteiger partial charge in [0.1, 0.15) is 12.7 Å². The van der Waals surface area contributed by atoms with E-state index in [9.17, 15) is 14.3 Å². The normalized spacial score (nSPS) is 15.9. The summed E-state index contributed by atoms with van der Waals surface area (Å²) in [7, 11) is 1.44. The molecule has 1 aliphatic heterocycles. The zero-order valence-electron chi connectivity index (χ0n) is 18.9. The van der Waals surface area contributed by atoms with Crippen LogP contribution in [0, 0.1) is 19.7 Å². The lowest BCUT2D eigenvalue weighted by Gasteiger charge is -2.35. The highest BCUT2D eigenvalue weighted by molar-refractivity contribution is 5.93. The molecule has 3 rings (SSSR count). The Morgan fingerprint density at radius 1 is 1.09 bits per heavy atom. The van der Waals surface area contributed by atoms with Crippen LogP contribution in [0.5, 0.6) is 11.5 Å². The highest BCUT2D eigenvalue weighted by Crippen LogP contribution is 2.29. The number of halogens is 1. The fourth-order valence-corrected chi connectivity index (χ4v) is 3.84. The Hall–Kier alpha value is -2.68. The van der Waals surface area contributed by atoms with Gasteiger partial charge in [-0.15, -0.1) is 0 Å². The smallest absolute Gasteiger partial charge is 0.238 e. The second kappa shape index (κ2) is 11.3. The Morgan fingerprint density at radius 2 is 1.72 bits per heavy atom. The average molecular weight is 446 g/mol. The van der Waals surface area contributed by atoms with Gasteiger partial charge in [-0.3, -0.25) is 14.6 Å². The number of hydrogen-bond acceptors (Lipinski definition) is 6. The number of carbonyl (C=O) groups excluding carboxylic acids is 1. The van der Waals surface area contributed by atoms with E-state index in [-0.39, 0.29) is 18.3 Å². The minimum atomic E-state index is -0.766. The van der Waals surface area contributed by atoms with E-state index in [0.717, 1.165) is 43.0 Å². The third-order valence-electron chi connectivity index (χ3n) is 5.62. The third kappa shape index (κ3) is 6.41. The van der Waals surface area contributed by atoms with Gasteiger partial charge in [-0.1, -0.05) is 24.3 Å². The molecule has 1 aliphatic rings. The number of anilines is 1. The molecule has 0 radical (unpaired) electrons. The number of methoxy groups -OCH3 is 1. The summed E-state index contributed by atoms with van der Waals surface area (Å²) in [5.41, 5.74) is 2.98. The van der Waals surface area contributed by atoms with Crippen LogP contribution >= 0.6 is 0 Å². The van der Waals surface area contributed by atoms with Gasteiger partial charge in [0.2, 0.25) is 5.91 Å². The number of β-amino-alcohol motifs (C(OH)–C–C–N with tert-alkyl or cyclic N) is 1. The molecular weight excluding hydrogens is 413 g/mol. The molecule has 8 heteroatoms. The monoisotopic (exact) mass is 445 g/mol. The summed E-state index contributed by atoms with van der Waals surface area (Å²) in [5.74, 6) is -0.244. The highest BCUT2D eigenvalue weighted by atomic mass is 19.1. The van der Waals surface area contributed by atoms with Crippen LogP contribution in [0.15, 0.2) is 36.4 Å². The summed E-state index contributed by atoms with van der Waals surface area (Å²) in [4.78, 5) is 16.7. The zero-order valence-corrected chi connectivity index (χ0v) is 18.9. The van der Waals surface area contributed by atoms with E-state index in [1.165, 1.54) is 13.2 Å². The number of hydrogen-bond donors (Lipinski definition) is 2. The fraction of sp³-hybridized carbons (Fsp3) is 0.458. The topological polar surface area (TPSA) is 74.3 Å². The van der Waals surface area contributed by atoms with E-state index in [2.05, 4.69) is 15.1 Å². The van der Waals surface area contributed by atoms with Crippen molar-refractivity contribution in [2.45, 2.75) is 20.0 Å². The average Bonchev–Trinajstić information content (AvgIpc) is 2.76. The first kappa shape index (κ1) is 24.0. The first-order valence-electron chi connectivity index (χ1n) is 10.8. The lowest BCUT2D eigenvalue weighted by atomic mass is 10.1. The van der Waals surface area contributed by atoms with Crippen molar-refractivity contribution in [3.63, 3.8) is 0 Å². The number of carbonyl (C=O) groups is 1. The molecule has 1 amide bonds. The van der Waals surface area contributed by atoms with Gasteiger partial charge in [-0.05, 0) is 37.1 Å². The van der Waals surface area contributed by atoms with E-state index in [0.29, 0.717) is 18.8 Å². The Labute approximate surface area is 188 Å². The van der Waals surface area contributed by atoms with Gasteiger partial charge in [-0.2, -0.15) is 0 Å². The fourth-order valence-electron chi connectivity index (χ4n) is 3.84. The maximum absolute atomic E-state index is 13.9. The van der Waals surface area contributed by atoms with Gasteiger partial charge >= 0.3 is 0 Å². The molecule has 0 spiro atoms. The van der Waals surface area contributed by atoms with Crippen LogP contribution in [-0.4, -0.2) is 79.9 Å². The zero-order chi connectivity index (χ0) is 23.1. The van der Waals surface area contributed by atoms with E-state index in [4.69, 9.17) is 9.47 Å². The maximum Gasteiger partial charge on any atom is 0.238 e. The number of benzene rings is 2. The number of piperazine rings is 1. The molecule has 2 aromatic rings. The minimum Gasteiger partial charge on any atom is -0.493 e. The first-order valence-corrected chi connectivity index (χ1v) is 10.8. The van der Waals surface area contributed by atoms with Crippen molar-refractivity contribution < 1.29 is 23.8 Å². The van der Waals surface area contributed by atoms with Crippen molar-refractivity contribution in [1.29, 1.82) is 0 Å². The number of para-hydroxylation sites is 2. The lowest BCUT2D eigenvalue weighted by molar-refractivity contribution is -0.117. The number of rotatable bonds is 9. The van der Waals surface area contributed by atoms with Gasteiger partial charge in [-0.25, -0.2) is 4.39 Å². The SMILES string of the molecule is COc1cccc(F)c1OC[C@H](O)CN1CCN(CC(=O)Nc2c(C)cccc2C)CC1. The summed E-state index contributed by atoms with van der Waals surface area (Å²) in [6.45, 7) is 7.61. The predicted octanol–water partition coefficient (Wildman–Crippen LogP) is 2.45. The summed E-state index contributed by atoms with van der Waals surface area (Å²) in [6, 6.07) is 10.4. The molecule has 1 saturated heterocycles. The number of nitrogens with zero attached hydrogens (tertiary/aromatic N) is 2. The van der Waals surface area contributed by atoms with Crippen LogP contribution in [0.1, 0.15) is 11.1 Å². The molecular formula is C24H32FN3O4. The maximum atomic E-state index is 13.9. The first-order chi connectivity index (χ1) is 15.4. The molecule has 1 fully saturated rings. The second-order valence-corrected chi connectivity index (χ2v) is 8.13. The van der Waals surface area contributed by atoms with Crippen LogP contribution in [0.2, 0.25) is 0 Å². The Bertz CT molecular complexity index is 896. The third-order valence-corrected chi connectivity index (χ3v) is 5.62. The number of nitrogens with one attached hydrogen (secondary N) is 1. The molecule has 1 heterocycles. The molecule has 0 bridgehead atoms. The largest absolute Gasteiger partial charge is 0.493 e.